The third kappa shape index (κ3) is 2.92. The molecule has 0 radical (unpaired) electrons. The molecule has 0 spiro atoms. The number of ether oxygens (including phenoxy) is 1. The van der Waals surface area contributed by atoms with Crippen LogP contribution in [0.5, 0.6) is 0 Å². The van der Waals surface area contributed by atoms with Gasteiger partial charge in [-0.25, -0.2) is 26.7 Å². The lowest BCUT2D eigenvalue weighted by Gasteiger charge is -2.09. The number of hydrogen-bond acceptors (Lipinski definition) is 4. The zero-order valence-corrected chi connectivity index (χ0v) is 12.6. The highest BCUT2D eigenvalue weighted by atomic mass is 19.2. The normalized spacial score (nSPS) is 11.0. The largest absolute Gasteiger partial charge is 0.455 e. The SMILES string of the molecule is O=C(OCc1c(F)c(F)c(F)c(F)c1F)c1cc(=O)c2ccccc2o1. The van der Waals surface area contributed by atoms with E-state index in [1.165, 1.54) is 18.2 Å². The Hall–Kier alpha value is -3.23. The molecule has 0 bridgehead atoms. The molecule has 0 saturated carbocycles. The Morgan fingerprint density at radius 1 is 0.923 bits per heavy atom. The first kappa shape index (κ1) is 17.6. The van der Waals surface area contributed by atoms with Gasteiger partial charge >= 0.3 is 5.97 Å². The highest BCUT2D eigenvalue weighted by Crippen LogP contribution is 2.24. The number of carbonyl (C=O) groups is 1. The summed E-state index contributed by atoms with van der Waals surface area (Å²) in [5.74, 6) is -12.8. The third-order valence-electron chi connectivity index (χ3n) is 3.48. The average molecular weight is 370 g/mol. The van der Waals surface area contributed by atoms with Crippen LogP contribution in [-0.4, -0.2) is 5.97 Å². The molecule has 0 unspecified atom stereocenters. The van der Waals surface area contributed by atoms with Gasteiger partial charge in [-0.1, -0.05) is 12.1 Å². The number of rotatable bonds is 3. The quantitative estimate of drug-likeness (QED) is 0.304. The van der Waals surface area contributed by atoms with Crippen molar-refractivity contribution in [1.29, 1.82) is 0 Å². The Balaban J connectivity index is 1.90. The predicted molar refractivity (Wildman–Crippen MR) is 77.8 cm³/mol. The van der Waals surface area contributed by atoms with E-state index in [1.807, 2.05) is 0 Å². The zero-order valence-electron chi connectivity index (χ0n) is 12.6. The van der Waals surface area contributed by atoms with Gasteiger partial charge in [0.1, 0.15) is 12.2 Å². The molecule has 26 heavy (non-hydrogen) atoms. The predicted octanol–water partition coefficient (Wildman–Crippen LogP) is 3.85. The molecular weight excluding hydrogens is 363 g/mol. The molecule has 0 fully saturated rings. The molecular formula is C17H7F5O4. The summed E-state index contributed by atoms with van der Waals surface area (Å²) in [4.78, 5) is 23.8. The van der Waals surface area contributed by atoms with Crippen LogP contribution < -0.4 is 5.43 Å². The summed E-state index contributed by atoms with van der Waals surface area (Å²) in [6.07, 6.45) is 0. The fourth-order valence-electron chi connectivity index (χ4n) is 2.19. The molecule has 2 aromatic carbocycles. The maximum absolute atomic E-state index is 13.5. The summed E-state index contributed by atoms with van der Waals surface area (Å²) in [6, 6.07) is 6.75. The first-order chi connectivity index (χ1) is 12.3. The van der Waals surface area contributed by atoms with Gasteiger partial charge in [-0.3, -0.25) is 4.79 Å². The minimum atomic E-state index is -2.32. The summed E-state index contributed by atoms with van der Waals surface area (Å²) in [5, 5.41) is 0.184. The molecule has 3 rings (SSSR count). The lowest BCUT2D eigenvalue weighted by molar-refractivity contribution is 0.0426. The molecule has 0 aliphatic rings. The highest BCUT2D eigenvalue weighted by Gasteiger charge is 2.26. The topological polar surface area (TPSA) is 56.5 Å². The fraction of sp³-hybridized carbons (Fsp3) is 0.0588. The van der Waals surface area contributed by atoms with Gasteiger partial charge < -0.3 is 9.15 Å². The lowest BCUT2D eigenvalue weighted by Crippen LogP contribution is -2.13. The average Bonchev–Trinajstić information content (AvgIpc) is 2.64. The van der Waals surface area contributed by atoms with E-state index in [0.29, 0.717) is 0 Å². The first-order valence-electron chi connectivity index (χ1n) is 7.01. The van der Waals surface area contributed by atoms with Crippen LogP contribution in [0.25, 0.3) is 11.0 Å². The zero-order chi connectivity index (χ0) is 19.0. The number of carbonyl (C=O) groups excluding carboxylic acids is 1. The Kier molecular flexibility index (Phi) is 4.45. The van der Waals surface area contributed by atoms with Crippen LogP contribution >= 0.6 is 0 Å². The van der Waals surface area contributed by atoms with E-state index >= 15 is 0 Å². The first-order valence-corrected chi connectivity index (χ1v) is 7.01. The van der Waals surface area contributed by atoms with Gasteiger partial charge in [0.15, 0.2) is 28.7 Å². The molecule has 3 aromatic rings. The van der Waals surface area contributed by atoms with Crippen molar-refractivity contribution in [3.05, 3.63) is 81.0 Å². The van der Waals surface area contributed by atoms with Gasteiger partial charge in [0, 0.05) is 6.07 Å². The van der Waals surface area contributed by atoms with Crippen LogP contribution in [0.15, 0.2) is 39.5 Å². The Bertz CT molecular complexity index is 1060. The standard InChI is InChI=1S/C17H7F5O4/c18-12-8(13(19)15(21)16(22)14(12)20)6-25-17(24)11-5-9(23)7-3-1-2-4-10(7)26-11/h1-5H,6H2. The van der Waals surface area contributed by atoms with E-state index in [0.717, 1.165) is 6.07 Å². The van der Waals surface area contributed by atoms with Crippen molar-refractivity contribution >= 4 is 16.9 Å². The van der Waals surface area contributed by atoms with Crippen LogP contribution in [0.2, 0.25) is 0 Å². The molecule has 0 amide bonds. The van der Waals surface area contributed by atoms with Crippen LogP contribution in [0.1, 0.15) is 16.1 Å². The van der Waals surface area contributed by atoms with Crippen LogP contribution in [0.3, 0.4) is 0 Å². The van der Waals surface area contributed by atoms with E-state index in [2.05, 4.69) is 4.74 Å². The van der Waals surface area contributed by atoms with Gasteiger partial charge in [-0.05, 0) is 12.1 Å². The third-order valence-corrected chi connectivity index (χ3v) is 3.48. The van der Waals surface area contributed by atoms with Gasteiger partial charge in [0.05, 0.1) is 10.9 Å². The van der Waals surface area contributed by atoms with E-state index < -0.39 is 58.4 Å². The van der Waals surface area contributed by atoms with Crippen molar-refractivity contribution in [1.82, 2.24) is 0 Å². The number of benzene rings is 2. The maximum Gasteiger partial charge on any atom is 0.374 e. The Morgan fingerprint density at radius 2 is 1.50 bits per heavy atom. The summed E-state index contributed by atoms with van der Waals surface area (Å²) < 4.78 is 76.0. The van der Waals surface area contributed by atoms with Gasteiger partial charge in [0.25, 0.3) is 0 Å². The Morgan fingerprint density at radius 3 is 2.15 bits per heavy atom. The number of esters is 1. The summed E-state index contributed by atoms with van der Waals surface area (Å²) >= 11 is 0. The van der Waals surface area contributed by atoms with Crippen molar-refractivity contribution in [2.45, 2.75) is 6.61 Å². The molecule has 0 saturated heterocycles. The molecule has 0 atom stereocenters. The monoisotopic (exact) mass is 370 g/mol. The molecule has 1 heterocycles. The van der Waals surface area contributed by atoms with Gasteiger partial charge in [-0.15, -0.1) is 0 Å². The smallest absolute Gasteiger partial charge is 0.374 e. The molecule has 134 valence electrons. The minimum Gasteiger partial charge on any atom is -0.455 e. The summed E-state index contributed by atoms with van der Waals surface area (Å²) in [7, 11) is 0. The number of para-hydroxylation sites is 1. The molecule has 0 aliphatic carbocycles. The van der Waals surface area contributed by atoms with Crippen molar-refractivity contribution in [2.24, 2.45) is 0 Å². The van der Waals surface area contributed by atoms with Crippen LogP contribution in [0, 0.1) is 29.1 Å². The molecule has 1 aromatic heterocycles. The second-order valence-electron chi connectivity index (χ2n) is 5.10. The highest BCUT2D eigenvalue weighted by molar-refractivity contribution is 5.88. The van der Waals surface area contributed by atoms with Crippen molar-refractivity contribution < 1.29 is 35.9 Å². The molecule has 9 heteroatoms. The van der Waals surface area contributed by atoms with Crippen LogP contribution in [-0.2, 0) is 11.3 Å². The van der Waals surface area contributed by atoms with Gasteiger partial charge in [-0.2, -0.15) is 0 Å². The van der Waals surface area contributed by atoms with Crippen molar-refractivity contribution in [3.8, 4) is 0 Å². The molecule has 0 N–H and O–H groups in total. The number of hydrogen-bond donors (Lipinski definition) is 0. The molecule has 0 aliphatic heterocycles. The van der Waals surface area contributed by atoms with E-state index in [4.69, 9.17) is 4.42 Å². The number of fused-ring (bicyclic) bond motifs is 1. The second-order valence-corrected chi connectivity index (χ2v) is 5.10. The van der Waals surface area contributed by atoms with Crippen molar-refractivity contribution in [2.75, 3.05) is 0 Å². The van der Waals surface area contributed by atoms with E-state index in [-0.39, 0.29) is 11.0 Å². The molecule has 4 nitrogen and oxygen atoms in total. The summed E-state index contributed by atoms with van der Waals surface area (Å²) in [5.41, 5.74) is -1.84. The fourth-order valence-corrected chi connectivity index (χ4v) is 2.19. The van der Waals surface area contributed by atoms with Crippen LogP contribution in [0.4, 0.5) is 22.0 Å². The Labute approximate surface area is 141 Å². The van der Waals surface area contributed by atoms with Crippen molar-refractivity contribution in [3.63, 3.8) is 0 Å². The van der Waals surface area contributed by atoms with E-state index in [1.54, 1.807) is 6.07 Å². The van der Waals surface area contributed by atoms with Gasteiger partial charge in [0.2, 0.25) is 11.6 Å². The lowest BCUT2D eigenvalue weighted by atomic mass is 10.2. The second kappa shape index (κ2) is 6.58. The summed E-state index contributed by atoms with van der Waals surface area (Å²) in [6.45, 7) is -1.25. The number of halogens is 5. The van der Waals surface area contributed by atoms with E-state index in [9.17, 15) is 31.5 Å². The minimum absolute atomic E-state index is 0.0585. The maximum atomic E-state index is 13.5.